The summed E-state index contributed by atoms with van der Waals surface area (Å²) in [6, 6.07) is 3.16. The van der Waals surface area contributed by atoms with Gasteiger partial charge in [-0.2, -0.15) is 0 Å². The predicted molar refractivity (Wildman–Crippen MR) is 146 cm³/mol. The molecule has 2 aliphatic heterocycles. The minimum atomic E-state index is -0.956. The molecule has 1 amide bonds. The zero-order valence-electron chi connectivity index (χ0n) is 23.9. The number of carbonyl (C=O) groups excluding carboxylic acids is 2. The van der Waals surface area contributed by atoms with Gasteiger partial charge < -0.3 is 44.0 Å². The lowest BCUT2D eigenvalue weighted by atomic mass is 9.99. The molecule has 0 bridgehead atoms. The molecule has 1 saturated heterocycles. The number of carbonyl (C=O) groups is 2. The van der Waals surface area contributed by atoms with Gasteiger partial charge in [0.15, 0.2) is 12.6 Å². The number of methoxy groups -OCH3 is 1. The molecule has 0 aliphatic carbocycles. The number of amides is 1. The highest BCUT2D eigenvalue weighted by molar-refractivity contribution is 5.97. The zero-order valence-corrected chi connectivity index (χ0v) is 23.9. The third-order valence-electron chi connectivity index (χ3n) is 6.54. The Hall–Kier alpha value is -2.96. The van der Waals surface area contributed by atoms with Crippen LogP contribution in [0.25, 0.3) is 6.08 Å². The van der Waals surface area contributed by atoms with E-state index in [1.54, 1.807) is 45.1 Å². The van der Waals surface area contributed by atoms with Crippen LogP contribution in [0.4, 0.5) is 0 Å². The van der Waals surface area contributed by atoms with Crippen molar-refractivity contribution in [2.45, 2.75) is 77.3 Å². The van der Waals surface area contributed by atoms with Crippen LogP contribution in [0.2, 0.25) is 0 Å². The van der Waals surface area contributed by atoms with Gasteiger partial charge in [-0.3, -0.25) is 4.79 Å². The van der Waals surface area contributed by atoms with Crippen molar-refractivity contribution in [3.05, 3.63) is 41.5 Å². The van der Waals surface area contributed by atoms with E-state index in [-0.39, 0.29) is 43.1 Å². The molecule has 1 aromatic carbocycles. The molecular weight excluding hydrogens is 522 g/mol. The van der Waals surface area contributed by atoms with E-state index in [0.717, 1.165) is 0 Å². The third kappa shape index (κ3) is 8.77. The predicted octanol–water partition coefficient (Wildman–Crippen LogP) is 2.58. The Morgan fingerprint density at radius 1 is 1.20 bits per heavy atom. The standard InChI is InChI=1S/C29H41NO10/c1-17-10-11-23(33)27-24(39-29(4,5)40-27)9-7-8-20-12-22(36-15-21(32)14-30-19(3)31)13-25(37-16-35-6)26(20)28(34)38-18(17)2/h7-8,10-13,17-18,21,23-24,27,32-33H,9,14-16H2,1-6H3,(H,30,31)/b8-7+,11-10-/t17-,18+,21?,23?,24?,27?/m1/s1. The van der Waals surface area contributed by atoms with Crippen molar-refractivity contribution in [3.63, 3.8) is 0 Å². The molecule has 1 aromatic rings. The van der Waals surface area contributed by atoms with Gasteiger partial charge in [0.05, 0.1) is 6.10 Å². The summed E-state index contributed by atoms with van der Waals surface area (Å²) in [7, 11) is 1.46. The summed E-state index contributed by atoms with van der Waals surface area (Å²) < 4.78 is 34.5. The maximum atomic E-state index is 13.5. The highest BCUT2D eigenvalue weighted by Gasteiger charge is 2.43. The first-order valence-electron chi connectivity index (χ1n) is 13.3. The fourth-order valence-electron chi connectivity index (χ4n) is 4.35. The molecular formula is C29H41NO10. The molecule has 2 aliphatic rings. The number of nitrogens with one attached hydrogen (secondary N) is 1. The Balaban J connectivity index is 2.00. The van der Waals surface area contributed by atoms with Crippen molar-refractivity contribution in [1.82, 2.24) is 5.32 Å². The first-order chi connectivity index (χ1) is 18.9. The van der Waals surface area contributed by atoms with Crippen LogP contribution in [0.3, 0.4) is 0 Å². The Labute approximate surface area is 235 Å². The van der Waals surface area contributed by atoms with Gasteiger partial charge in [-0.05, 0) is 38.8 Å². The maximum Gasteiger partial charge on any atom is 0.342 e. The molecule has 0 saturated carbocycles. The summed E-state index contributed by atoms with van der Waals surface area (Å²) >= 11 is 0. The van der Waals surface area contributed by atoms with Crippen LogP contribution in [0, 0.1) is 5.92 Å². The van der Waals surface area contributed by atoms with E-state index >= 15 is 0 Å². The highest BCUT2D eigenvalue weighted by atomic mass is 16.8. The quantitative estimate of drug-likeness (QED) is 0.245. The van der Waals surface area contributed by atoms with Crippen LogP contribution < -0.4 is 14.8 Å². The minimum Gasteiger partial charge on any atom is -0.491 e. The van der Waals surface area contributed by atoms with E-state index in [4.69, 9.17) is 28.4 Å². The molecule has 2 heterocycles. The van der Waals surface area contributed by atoms with E-state index in [1.165, 1.54) is 20.1 Å². The molecule has 222 valence electrons. The van der Waals surface area contributed by atoms with Gasteiger partial charge in [-0.15, -0.1) is 0 Å². The average Bonchev–Trinajstić information content (AvgIpc) is 3.21. The van der Waals surface area contributed by atoms with Crippen molar-refractivity contribution in [2.24, 2.45) is 5.92 Å². The molecule has 3 N–H and O–H groups in total. The molecule has 1 fully saturated rings. The summed E-state index contributed by atoms with van der Waals surface area (Å²) in [4.78, 5) is 24.6. The van der Waals surface area contributed by atoms with Crippen molar-refractivity contribution >= 4 is 18.0 Å². The number of cyclic esters (lactones) is 1. The number of hydrogen-bond acceptors (Lipinski definition) is 10. The largest absolute Gasteiger partial charge is 0.491 e. The van der Waals surface area contributed by atoms with Gasteiger partial charge in [0.2, 0.25) is 5.91 Å². The smallest absolute Gasteiger partial charge is 0.342 e. The first-order valence-corrected chi connectivity index (χ1v) is 13.3. The zero-order chi connectivity index (χ0) is 29.4. The number of fused-ring (bicyclic) bond motifs is 2. The topological polar surface area (TPSA) is 142 Å². The number of hydrogen-bond donors (Lipinski definition) is 3. The fourth-order valence-corrected chi connectivity index (χ4v) is 4.35. The lowest BCUT2D eigenvalue weighted by Gasteiger charge is -2.23. The second-order valence-electron chi connectivity index (χ2n) is 10.5. The molecule has 6 atom stereocenters. The van der Waals surface area contributed by atoms with Crippen molar-refractivity contribution in [1.29, 1.82) is 0 Å². The molecule has 0 aromatic heterocycles. The lowest BCUT2D eigenvalue weighted by molar-refractivity contribution is -0.152. The van der Waals surface area contributed by atoms with E-state index in [1.807, 2.05) is 13.0 Å². The van der Waals surface area contributed by atoms with Gasteiger partial charge in [0.25, 0.3) is 0 Å². The van der Waals surface area contributed by atoms with Crippen LogP contribution in [0.5, 0.6) is 11.5 Å². The van der Waals surface area contributed by atoms with Crippen molar-refractivity contribution in [3.8, 4) is 11.5 Å². The maximum absolute atomic E-state index is 13.5. The Kier molecular flexibility index (Phi) is 11.1. The van der Waals surface area contributed by atoms with E-state index in [0.29, 0.717) is 17.7 Å². The summed E-state index contributed by atoms with van der Waals surface area (Å²) in [5.74, 6) is -1.46. The van der Waals surface area contributed by atoms with Crippen LogP contribution >= 0.6 is 0 Å². The molecule has 0 radical (unpaired) electrons. The molecule has 3 rings (SSSR count). The van der Waals surface area contributed by atoms with Gasteiger partial charge in [0, 0.05) is 32.6 Å². The third-order valence-corrected chi connectivity index (χ3v) is 6.54. The number of esters is 1. The number of rotatable bonds is 8. The Bertz CT molecular complexity index is 1080. The average molecular weight is 564 g/mol. The van der Waals surface area contributed by atoms with Crippen LogP contribution in [0.1, 0.15) is 57.0 Å². The summed E-state index contributed by atoms with van der Waals surface area (Å²) in [5.41, 5.74) is 0.632. The molecule has 4 unspecified atom stereocenters. The van der Waals surface area contributed by atoms with E-state index in [9.17, 15) is 19.8 Å². The Morgan fingerprint density at radius 3 is 2.65 bits per heavy atom. The van der Waals surface area contributed by atoms with Gasteiger partial charge >= 0.3 is 5.97 Å². The van der Waals surface area contributed by atoms with Crippen molar-refractivity contribution < 1.29 is 48.2 Å². The van der Waals surface area contributed by atoms with Crippen molar-refractivity contribution in [2.75, 3.05) is 27.1 Å². The monoisotopic (exact) mass is 563 g/mol. The van der Waals surface area contributed by atoms with Crippen LogP contribution in [-0.2, 0) is 23.7 Å². The molecule has 11 heteroatoms. The number of aliphatic hydroxyl groups is 2. The summed E-state index contributed by atoms with van der Waals surface area (Å²) in [6.45, 7) is 8.38. The summed E-state index contributed by atoms with van der Waals surface area (Å²) in [5, 5.41) is 23.6. The number of ether oxygens (including phenoxy) is 6. The second-order valence-corrected chi connectivity index (χ2v) is 10.5. The number of benzene rings is 1. The van der Waals surface area contributed by atoms with Gasteiger partial charge in [0.1, 0.15) is 48.1 Å². The SMILES string of the molecule is COCOc1cc(OCC(O)CNC(C)=O)cc2c1C(=O)O[C@@H](C)[C@H](C)/C=C\C(O)C1OC(C)(C)OC1C/C=C/2. The first kappa shape index (κ1) is 31.6. The Morgan fingerprint density at radius 2 is 1.95 bits per heavy atom. The molecule has 0 spiro atoms. The second kappa shape index (κ2) is 14.1. The van der Waals surface area contributed by atoms with E-state index < -0.39 is 42.3 Å². The van der Waals surface area contributed by atoms with Gasteiger partial charge in [-0.1, -0.05) is 31.2 Å². The van der Waals surface area contributed by atoms with Crippen LogP contribution in [0.15, 0.2) is 30.4 Å². The fraction of sp³-hybridized carbons (Fsp3) is 0.586. The van der Waals surface area contributed by atoms with Gasteiger partial charge in [-0.25, -0.2) is 4.79 Å². The molecule has 11 nitrogen and oxygen atoms in total. The minimum absolute atomic E-state index is 0.0247. The molecule has 40 heavy (non-hydrogen) atoms. The lowest BCUT2D eigenvalue weighted by Crippen LogP contribution is -2.34. The highest BCUT2D eigenvalue weighted by Crippen LogP contribution is 2.35. The van der Waals surface area contributed by atoms with E-state index in [2.05, 4.69) is 5.32 Å². The van der Waals surface area contributed by atoms with Crippen LogP contribution in [-0.4, -0.2) is 85.5 Å². The summed E-state index contributed by atoms with van der Waals surface area (Å²) in [6.07, 6.45) is 3.94. The number of aliphatic hydroxyl groups excluding tert-OH is 2. The normalized spacial score (nSPS) is 28.7.